The van der Waals surface area contributed by atoms with Gasteiger partial charge in [-0.3, -0.25) is 9.59 Å². The highest BCUT2D eigenvalue weighted by molar-refractivity contribution is 7.29. The Kier molecular flexibility index (Phi) is 6.65. The largest absolute Gasteiger partial charge is 0.871 e. The minimum Gasteiger partial charge on any atom is -0.871 e. The number of rotatable bonds is 6. The molecule has 8 rings (SSSR count). The Balaban J connectivity index is 1.10. The number of hydrogen-bond donors (Lipinski definition) is 0. The molecule has 48 heavy (non-hydrogen) atoms. The molecule has 0 fully saturated rings. The van der Waals surface area contributed by atoms with E-state index in [-0.39, 0.29) is 56.2 Å². The molecule has 0 amide bonds. The first kappa shape index (κ1) is 30.7. The molecule has 6 nitrogen and oxygen atoms in total. The van der Waals surface area contributed by atoms with Crippen molar-refractivity contribution in [2.24, 2.45) is 0 Å². The van der Waals surface area contributed by atoms with Gasteiger partial charge in [-0.15, -0.1) is 22.7 Å². The quantitative estimate of drug-likeness (QED) is 0.178. The summed E-state index contributed by atoms with van der Waals surface area (Å²) in [7, 11) is 0. The van der Waals surface area contributed by atoms with E-state index in [4.69, 9.17) is 0 Å². The van der Waals surface area contributed by atoms with Crippen molar-refractivity contribution in [3.63, 3.8) is 0 Å². The summed E-state index contributed by atoms with van der Waals surface area (Å²) in [5.41, 5.74) is 6.61. The Hall–Kier alpha value is -4.66. The molecular formula is C40H34N2O4S2. The number of ketones is 2. The number of benzene rings is 2. The van der Waals surface area contributed by atoms with Gasteiger partial charge in [0.1, 0.15) is 13.1 Å². The van der Waals surface area contributed by atoms with Gasteiger partial charge in [-0.25, -0.2) is 0 Å². The van der Waals surface area contributed by atoms with E-state index in [0.717, 1.165) is 45.3 Å². The minimum atomic E-state index is -0.340. The van der Waals surface area contributed by atoms with Crippen LogP contribution in [0.25, 0.3) is 20.5 Å². The van der Waals surface area contributed by atoms with Crippen LogP contribution in [0.2, 0.25) is 0 Å². The number of para-hydroxylation sites is 2. The Labute approximate surface area is 287 Å². The highest BCUT2D eigenvalue weighted by Crippen LogP contribution is 2.48. The van der Waals surface area contributed by atoms with Crippen LogP contribution in [0.3, 0.4) is 0 Å². The molecule has 2 aromatic carbocycles. The molecule has 2 aliphatic heterocycles. The summed E-state index contributed by atoms with van der Waals surface area (Å²) in [6, 6.07) is 20.1. The SMILES string of the molecule is CC[N+]1=C(/C=C2\C(=O)C(c3cc4sc(C5=C([O-])/C(=C/C6=[N+](CC)c7ccccc7C6(C)C)C5=O)cc4s3)=C2[O-])C(C)(C)c2ccccc21. The second-order valence-corrected chi connectivity index (χ2v) is 15.8. The second-order valence-electron chi connectivity index (χ2n) is 13.7. The van der Waals surface area contributed by atoms with Gasteiger partial charge in [0.2, 0.25) is 11.4 Å². The minimum absolute atomic E-state index is 0.208. The van der Waals surface area contributed by atoms with E-state index < -0.39 is 0 Å². The normalized spacial score (nSPS) is 21.2. The lowest BCUT2D eigenvalue weighted by molar-refractivity contribution is -0.433. The maximum Gasteiger partial charge on any atom is 0.209 e. The van der Waals surface area contributed by atoms with Crippen molar-refractivity contribution in [1.82, 2.24) is 0 Å². The first-order valence-electron chi connectivity index (χ1n) is 16.3. The van der Waals surface area contributed by atoms with Crippen LogP contribution in [0.15, 0.2) is 95.5 Å². The van der Waals surface area contributed by atoms with Crippen LogP contribution < -0.4 is 10.2 Å². The van der Waals surface area contributed by atoms with Gasteiger partial charge in [0.25, 0.3) is 0 Å². The third-order valence-electron chi connectivity index (χ3n) is 10.4. The van der Waals surface area contributed by atoms with Crippen LogP contribution in [-0.2, 0) is 20.4 Å². The van der Waals surface area contributed by atoms with Gasteiger partial charge in [-0.1, -0.05) is 47.9 Å². The number of hydrogen-bond acceptors (Lipinski definition) is 6. The standard InChI is InChI=1S/C40H34N2O4S2/c1-7-41-25-15-11-9-13-23(25)39(3,4)31(41)17-21-35(43)33(36(21)44)29-19-27-28(47-29)20-30(48-27)34-37(45)22(38(34)46)18-32-40(5,6)24-14-10-12-16-26(24)42(32)8-2/h9-20H,7-8H2,1-6H3. The van der Waals surface area contributed by atoms with Crippen molar-refractivity contribution in [2.75, 3.05) is 13.1 Å². The highest BCUT2D eigenvalue weighted by Gasteiger charge is 2.46. The topological polar surface area (TPSA) is 86.3 Å². The first-order chi connectivity index (χ1) is 22.9. The summed E-state index contributed by atoms with van der Waals surface area (Å²) in [4.78, 5) is 28.1. The average Bonchev–Trinajstić information content (AvgIpc) is 3.74. The fourth-order valence-corrected chi connectivity index (χ4v) is 10.2. The van der Waals surface area contributed by atoms with Crippen molar-refractivity contribution < 1.29 is 29.0 Å². The molecular weight excluding hydrogens is 637 g/mol. The smallest absolute Gasteiger partial charge is 0.209 e. The molecule has 0 unspecified atom stereocenters. The fraction of sp³-hybridized carbons (Fsp3) is 0.250. The van der Waals surface area contributed by atoms with Gasteiger partial charge >= 0.3 is 0 Å². The van der Waals surface area contributed by atoms with E-state index >= 15 is 0 Å². The number of carbonyl (C=O) groups excluding carboxylic acids is 2. The maximum atomic E-state index is 13.4. The molecule has 4 heterocycles. The zero-order chi connectivity index (χ0) is 33.9. The number of allylic oxidation sites excluding steroid dienone is 6. The zero-order valence-electron chi connectivity index (χ0n) is 27.7. The molecule has 0 bridgehead atoms. The first-order valence-corrected chi connectivity index (χ1v) is 17.9. The summed E-state index contributed by atoms with van der Waals surface area (Å²) >= 11 is 2.70. The van der Waals surface area contributed by atoms with Crippen LogP contribution in [0, 0.1) is 0 Å². The third-order valence-corrected chi connectivity index (χ3v) is 12.7. The Morgan fingerprint density at radius 1 is 0.646 bits per heavy atom. The molecule has 240 valence electrons. The van der Waals surface area contributed by atoms with Gasteiger partial charge in [0.05, 0.1) is 10.8 Å². The summed E-state index contributed by atoms with van der Waals surface area (Å²) < 4.78 is 6.05. The van der Waals surface area contributed by atoms with E-state index in [2.05, 4.69) is 75.0 Å². The number of thiophene rings is 2. The van der Waals surface area contributed by atoms with Crippen molar-refractivity contribution >= 4 is 77.6 Å². The van der Waals surface area contributed by atoms with Crippen LogP contribution in [0.1, 0.15) is 62.4 Å². The molecule has 4 aromatic rings. The van der Waals surface area contributed by atoms with Gasteiger partial charge in [0.15, 0.2) is 23.0 Å². The number of nitrogens with zero attached hydrogens (tertiary/aromatic N) is 2. The fourth-order valence-electron chi connectivity index (χ4n) is 7.77. The van der Waals surface area contributed by atoms with E-state index in [1.807, 2.05) is 36.4 Å². The molecule has 8 heteroatoms. The molecule has 0 saturated heterocycles. The highest BCUT2D eigenvalue weighted by atomic mass is 32.1. The molecule has 0 atom stereocenters. The number of Topliss-reactive ketones (excluding diaryl/α,β-unsaturated/α-hetero) is 2. The summed E-state index contributed by atoms with van der Waals surface area (Å²) in [6.45, 7) is 14.1. The van der Waals surface area contributed by atoms with E-state index in [9.17, 15) is 19.8 Å². The summed E-state index contributed by atoms with van der Waals surface area (Å²) in [5.74, 6) is -0.968. The maximum absolute atomic E-state index is 13.4. The lowest BCUT2D eigenvalue weighted by Gasteiger charge is -2.30. The Morgan fingerprint density at radius 3 is 1.38 bits per heavy atom. The van der Waals surface area contributed by atoms with Crippen molar-refractivity contribution in [1.29, 1.82) is 0 Å². The van der Waals surface area contributed by atoms with Crippen LogP contribution >= 0.6 is 22.7 Å². The summed E-state index contributed by atoms with van der Waals surface area (Å²) in [5, 5.41) is 26.9. The third kappa shape index (κ3) is 4.02. The summed E-state index contributed by atoms with van der Waals surface area (Å²) in [6.07, 6.45) is 3.56. The number of fused-ring (bicyclic) bond motifs is 3. The van der Waals surface area contributed by atoms with Gasteiger partial charge in [-0.05, 0) is 53.7 Å². The predicted molar refractivity (Wildman–Crippen MR) is 190 cm³/mol. The Bertz CT molecular complexity index is 2170. The zero-order valence-corrected chi connectivity index (χ0v) is 29.3. The lowest BCUT2D eigenvalue weighted by Crippen LogP contribution is -2.33. The number of carbonyl (C=O) groups is 2. The lowest BCUT2D eigenvalue weighted by atomic mass is 9.78. The molecule has 0 radical (unpaired) electrons. The van der Waals surface area contributed by atoms with Crippen molar-refractivity contribution in [2.45, 2.75) is 52.4 Å². The molecule has 0 N–H and O–H groups in total. The Morgan fingerprint density at radius 2 is 1.02 bits per heavy atom. The molecule has 2 aromatic heterocycles. The average molecular weight is 671 g/mol. The van der Waals surface area contributed by atoms with Crippen LogP contribution in [0.5, 0.6) is 0 Å². The van der Waals surface area contributed by atoms with E-state index in [1.54, 1.807) is 12.2 Å². The molecule has 0 spiro atoms. The van der Waals surface area contributed by atoms with E-state index in [0.29, 0.717) is 9.75 Å². The van der Waals surface area contributed by atoms with Crippen molar-refractivity contribution in [3.8, 4) is 0 Å². The van der Waals surface area contributed by atoms with Crippen LogP contribution in [0.4, 0.5) is 11.4 Å². The van der Waals surface area contributed by atoms with Crippen molar-refractivity contribution in [3.05, 3.63) is 116 Å². The molecule has 0 saturated carbocycles. The van der Waals surface area contributed by atoms with E-state index in [1.165, 1.54) is 33.8 Å². The molecule has 2 aliphatic carbocycles. The predicted octanol–water partition coefficient (Wildman–Crippen LogP) is 6.32. The monoisotopic (exact) mass is 670 g/mol. The second kappa shape index (κ2) is 10.4. The van der Waals surface area contributed by atoms with Gasteiger partial charge in [0, 0.05) is 76.9 Å². The molecule has 4 aliphatic rings. The van der Waals surface area contributed by atoms with Gasteiger partial charge < -0.3 is 10.2 Å². The van der Waals surface area contributed by atoms with Gasteiger partial charge in [-0.2, -0.15) is 9.15 Å². The van der Waals surface area contributed by atoms with Crippen LogP contribution in [-0.4, -0.2) is 45.2 Å².